The second-order valence-corrected chi connectivity index (χ2v) is 207. The van der Waals surface area contributed by atoms with Crippen molar-refractivity contribution in [1.29, 1.82) is 0 Å². The van der Waals surface area contributed by atoms with Gasteiger partial charge in [-0.1, -0.05) is 0 Å². The largest absolute Gasteiger partial charge is 0.437 e. The van der Waals surface area contributed by atoms with Gasteiger partial charge in [-0.05, 0) is 13.1 Å². The van der Waals surface area contributed by atoms with Gasteiger partial charge >= 0.3 is 157 Å². The van der Waals surface area contributed by atoms with E-state index in [1.807, 2.05) is 0 Å². The van der Waals surface area contributed by atoms with Gasteiger partial charge in [0.1, 0.15) is 0 Å². The van der Waals surface area contributed by atoms with Crippen LogP contribution in [0.1, 0.15) is 0 Å². The summed E-state index contributed by atoms with van der Waals surface area (Å²) < 4.78 is 105. The van der Waals surface area contributed by atoms with Crippen LogP contribution in [0, 0.1) is 0 Å². The molecule has 0 heterocycles. The highest BCUT2D eigenvalue weighted by Gasteiger charge is 3.04. The Balaban J connectivity index is 15.4. The molecule has 62 radical (unpaired) electrons. The molecule has 48 nitrogen and oxygen atoms in total. The molecular weight excluding hydrogens is 2110 g/mol. The van der Waals surface area contributed by atoms with Gasteiger partial charge in [0.2, 0.25) is 171 Å². The standard InChI is InChI=1S/C2H38O48Si47/c1-82(2,34)46-87(96(92(76-28,77-29)42-58-10,93(78-30,79-31)43-59-11)48-84(64-16,65-17)36-52-4,50-86(88(68-20,69-21)38-54-6,89(70-22,71-23)39-55-7)47-83(62-14,63-15)35-51-3)97(94(80-32,81-33)44-60-12,49-85(66-18,67-19)37-53-5)95(45-61-13,90(72-24,73-25)40-56-8)91(74-26,75-27)41-57-9/h3-34H,1-2H3. The summed E-state index contributed by atoms with van der Waals surface area (Å²) in [7, 11) is -118. The van der Waals surface area contributed by atoms with Crippen LogP contribution in [-0.4, -0.2) is 564 Å². The zero-order chi connectivity index (χ0) is 75.2. The maximum atomic E-state index is 13.7. The lowest BCUT2D eigenvalue weighted by Crippen LogP contribution is -3.17. The quantitative estimate of drug-likeness (QED) is 0.0251. The molecule has 0 saturated carbocycles. The summed E-state index contributed by atoms with van der Waals surface area (Å²) in [4.78, 5) is 391. The molecule has 522 valence electrons. The smallest absolute Gasteiger partial charge is 0.420 e. The van der Waals surface area contributed by atoms with Gasteiger partial charge in [0.05, 0.1) is 0 Å². The molecule has 0 saturated heterocycles. The van der Waals surface area contributed by atoms with E-state index >= 15 is 0 Å². The monoisotopic (exact) mass is 2140 g/mol. The lowest BCUT2D eigenvalue weighted by atomic mass is 11.9. The SMILES string of the molecule is C[Si](C)(O)O[Si](O[Si](O[Si](O[Si]O)([Si]O)[Si]O)([Si](O[Si]O)([Si]O)[Si]O)[Si](O[Si]O)([Si]O)[Si]O)([Si](O[Si](O[Si]O)([Si]O)[Si]O)([Si](O[Si]O)([Si]O)[Si]O)[Si](O[Si]O)([Si]O)[Si]O)[Si](O[Si](O[Si]O)([Si]O)[Si]O)([Si](O[Si]O)([Si]O)[Si]O)[Si](O[Si]O)([Si](O[Si]O)([Si]O)[Si]O)[Si](O[Si]O)([Si]O)[Si]O. The van der Waals surface area contributed by atoms with E-state index in [1.165, 1.54) is 0 Å². The number of hydrogen-bond acceptors (Lipinski definition) is 48. The van der Waals surface area contributed by atoms with E-state index in [9.17, 15) is 153 Å². The van der Waals surface area contributed by atoms with E-state index in [0.29, 0.717) is 13.1 Å². The third-order valence-electron chi connectivity index (χ3n) is 11.6. The van der Waals surface area contributed by atoms with Crippen LogP contribution in [0.15, 0.2) is 0 Å². The fourth-order valence-electron chi connectivity index (χ4n) is 8.33. The molecule has 97 heavy (non-hydrogen) atoms. The molecule has 0 spiro atoms. The van der Waals surface area contributed by atoms with Gasteiger partial charge in [-0.25, -0.2) is 0 Å². The Morgan fingerprint density at radius 3 is 0.577 bits per heavy atom. The van der Waals surface area contributed by atoms with Gasteiger partial charge in [0, 0.05) is 0 Å². The van der Waals surface area contributed by atoms with Crippen molar-refractivity contribution in [2.45, 2.75) is 13.1 Å². The van der Waals surface area contributed by atoms with Gasteiger partial charge in [-0.3, -0.25) is 0 Å². The predicted octanol–water partition coefficient (Wildman–Crippen LogP) is -35.6. The van der Waals surface area contributed by atoms with Crippen LogP contribution in [0.5, 0.6) is 0 Å². The van der Waals surface area contributed by atoms with Crippen LogP contribution < -0.4 is 0 Å². The second-order valence-electron chi connectivity index (χ2n) is 16.2. The second kappa shape index (κ2) is 48.6. The zero-order valence-corrected chi connectivity index (χ0v) is 93.3. The van der Waals surface area contributed by atoms with Crippen molar-refractivity contribution in [3.63, 3.8) is 0 Å². The number of hydrogen-bond donors (Lipinski definition) is 32. The van der Waals surface area contributed by atoms with E-state index in [-0.39, 0.29) is 0 Å². The minimum Gasteiger partial charge on any atom is -0.437 e. The van der Waals surface area contributed by atoms with Crippen LogP contribution in [0.4, 0.5) is 0 Å². The topological polar surface area (TPSA) is 795 Å². The average molecular weight is 2150 g/mol. The van der Waals surface area contributed by atoms with Crippen molar-refractivity contribution in [2.24, 2.45) is 0 Å². The molecule has 0 aliphatic carbocycles. The molecule has 0 amide bonds. The van der Waals surface area contributed by atoms with Crippen molar-refractivity contribution in [3.05, 3.63) is 0 Å². The van der Waals surface area contributed by atoms with Gasteiger partial charge < -0.3 is 219 Å². The third kappa shape index (κ3) is 20.2. The van der Waals surface area contributed by atoms with Crippen molar-refractivity contribution < 1.29 is 219 Å². The summed E-state index contributed by atoms with van der Waals surface area (Å²) in [6.45, 7) is -71.2. The first-order chi connectivity index (χ1) is 45.9. The first-order valence-electron chi connectivity index (χ1n) is 22.2. The molecule has 0 aromatic heterocycles. The molecule has 0 aliphatic rings. The highest BCUT2D eigenvalue weighted by Crippen LogP contribution is 2.57. The van der Waals surface area contributed by atoms with Crippen LogP contribution in [0.2, 0.25) is 13.1 Å². The lowest BCUT2D eigenvalue weighted by molar-refractivity contribution is 0.290. The average Bonchev–Trinajstić information content (AvgIpc) is 0.629. The fourth-order valence-corrected chi connectivity index (χ4v) is 655. The lowest BCUT2D eigenvalue weighted by Gasteiger charge is -2.72. The Bertz CT molecular complexity index is 2020. The highest BCUT2D eigenvalue weighted by atomic mass is 30.5. The molecule has 0 rings (SSSR count). The van der Waals surface area contributed by atoms with Crippen LogP contribution >= 0.6 is 0 Å². The molecule has 0 aliphatic heterocycles. The third-order valence-corrected chi connectivity index (χ3v) is 369. The molecular formula is C2H38O48Si47. The summed E-state index contributed by atoms with van der Waals surface area (Å²) in [5.41, 5.74) is 0. The van der Waals surface area contributed by atoms with E-state index < -0.39 is 411 Å². The molecule has 2 atom stereocenters. The number of rotatable bonds is 62. The normalized spacial score (nSPS) is 15.8. The van der Waals surface area contributed by atoms with Gasteiger partial charge in [-0.2, -0.15) is 0 Å². The summed E-state index contributed by atoms with van der Waals surface area (Å²) in [5, 5.41) is 0. The van der Waals surface area contributed by atoms with Crippen molar-refractivity contribution in [2.75, 3.05) is 0 Å². The van der Waals surface area contributed by atoms with E-state index in [2.05, 4.69) is 0 Å². The zero-order valence-electron chi connectivity index (χ0n) is 46.3. The summed E-state index contributed by atoms with van der Waals surface area (Å²) in [6.07, 6.45) is 0. The Kier molecular flexibility index (Phi) is 52.7. The summed E-state index contributed by atoms with van der Waals surface area (Å²) >= 11 is 0. The van der Waals surface area contributed by atoms with Crippen LogP contribution in [-0.2, 0) is 65.8 Å². The highest BCUT2D eigenvalue weighted by molar-refractivity contribution is 8.30. The minimum atomic E-state index is -8.91. The van der Waals surface area contributed by atoms with Crippen molar-refractivity contribution in [1.82, 2.24) is 0 Å². The Morgan fingerprint density at radius 1 is 0.175 bits per heavy atom. The van der Waals surface area contributed by atoms with Crippen molar-refractivity contribution >= 4 is 411 Å². The summed E-state index contributed by atoms with van der Waals surface area (Å²) in [5.74, 6) is 0. The fraction of sp³-hybridized carbons (Fsp3) is 1.00. The molecule has 95 heteroatoms. The molecule has 0 bridgehead atoms. The van der Waals surface area contributed by atoms with Crippen LogP contribution in [0.3, 0.4) is 0 Å². The maximum Gasteiger partial charge on any atom is 0.420 e. The van der Waals surface area contributed by atoms with Crippen LogP contribution in [0.25, 0.3) is 0 Å². The molecule has 0 fully saturated rings. The first-order valence-corrected chi connectivity index (χ1v) is 112. The Hall–Kier alpha value is 8.27. The van der Waals surface area contributed by atoms with E-state index in [1.54, 1.807) is 0 Å². The van der Waals surface area contributed by atoms with E-state index in [0.717, 1.165) is 0 Å². The minimum absolute atomic E-state index is 0.583. The first kappa shape index (κ1) is 105. The Labute approximate surface area is 636 Å². The van der Waals surface area contributed by atoms with E-state index in [4.69, 9.17) is 65.8 Å². The van der Waals surface area contributed by atoms with Gasteiger partial charge in [-0.15, -0.1) is 0 Å². The molecule has 32 N–H and O–H groups in total. The Morgan fingerprint density at radius 2 is 0.371 bits per heavy atom. The molecule has 2 unspecified atom stereocenters. The van der Waals surface area contributed by atoms with Crippen molar-refractivity contribution in [3.8, 4) is 0 Å². The predicted molar refractivity (Wildman–Crippen MR) is 371 cm³/mol. The molecule has 0 aromatic carbocycles. The maximum absolute atomic E-state index is 13.7. The van der Waals surface area contributed by atoms with Gasteiger partial charge in [0.25, 0.3) is 83.2 Å². The molecule has 0 aromatic rings. The van der Waals surface area contributed by atoms with Gasteiger partial charge in [0.15, 0.2) is 0 Å². The summed E-state index contributed by atoms with van der Waals surface area (Å²) in [6, 6.07) is 0.